The van der Waals surface area contributed by atoms with Gasteiger partial charge in [-0.25, -0.2) is 0 Å². The highest BCUT2D eigenvalue weighted by atomic mass is 16.3. The van der Waals surface area contributed by atoms with Gasteiger partial charge in [-0.1, -0.05) is 56.3 Å². The topological polar surface area (TPSA) is 20.2 Å². The fraction of sp³-hybridized carbons (Fsp3) is 0.368. The standard InChI is InChI=1S/C19H24O/c1-13(2)16-7-10-17(11-8-16)19(5,20)18-9-6-14(3)15(4)12-18/h6-13,20H,1-5H3. The van der Waals surface area contributed by atoms with Crippen LogP contribution in [-0.4, -0.2) is 5.11 Å². The molecule has 0 aliphatic carbocycles. The quantitative estimate of drug-likeness (QED) is 0.856. The van der Waals surface area contributed by atoms with Gasteiger partial charge in [-0.2, -0.15) is 0 Å². The lowest BCUT2D eigenvalue weighted by molar-refractivity contribution is 0.102. The van der Waals surface area contributed by atoms with E-state index in [1.807, 2.05) is 25.1 Å². The van der Waals surface area contributed by atoms with Gasteiger partial charge in [0.25, 0.3) is 0 Å². The van der Waals surface area contributed by atoms with Crippen molar-refractivity contribution in [2.45, 2.75) is 46.1 Å². The lowest BCUT2D eigenvalue weighted by Gasteiger charge is -2.26. The summed E-state index contributed by atoms with van der Waals surface area (Å²) in [6.45, 7) is 10.4. The maximum atomic E-state index is 10.9. The molecule has 1 N–H and O–H groups in total. The predicted octanol–water partition coefficient (Wildman–Crippen LogP) is 4.68. The van der Waals surface area contributed by atoms with Gasteiger partial charge in [-0.05, 0) is 54.5 Å². The number of rotatable bonds is 3. The van der Waals surface area contributed by atoms with Crippen molar-refractivity contribution in [1.29, 1.82) is 0 Å². The highest BCUT2D eigenvalue weighted by Gasteiger charge is 2.25. The number of aryl methyl sites for hydroxylation is 2. The summed E-state index contributed by atoms with van der Waals surface area (Å²) >= 11 is 0. The lowest BCUT2D eigenvalue weighted by atomic mass is 9.86. The Hall–Kier alpha value is -1.60. The van der Waals surface area contributed by atoms with Gasteiger partial charge in [0.15, 0.2) is 0 Å². The molecule has 20 heavy (non-hydrogen) atoms. The highest BCUT2D eigenvalue weighted by Crippen LogP contribution is 2.31. The summed E-state index contributed by atoms with van der Waals surface area (Å²) in [4.78, 5) is 0. The van der Waals surface area contributed by atoms with Crippen LogP contribution in [0.4, 0.5) is 0 Å². The first-order valence-corrected chi connectivity index (χ1v) is 7.23. The summed E-state index contributed by atoms with van der Waals surface area (Å²) in [5.41, 5.74) is 4.68. The van der Waals surface area contributed by atoms with E-state index in [2.05, 4.69) is 52.0 Å². The van der Waals surface area contributed by atoms with Crippen LogP contribution in [-0.2, 0) is 5.60 Å². The molecule has 1 nitrogen and oxygen atoms in total. The molecule has 2 aromatic rings. The molecular formula is C19H24O. The number of hydrogen-bond donors (Lipinski definition) is 1. The number of hydrogen-bond acceptors (Lipinski definition) is 1. The summed E-state index contributed by atoms with van der Waals surface area (Å²) in [7, 11) is 0. The van der Waals surface area contributed by atoms with E-state index in [0.717, 1.165) is 11.1 Å². The zero-order valence-electron chi connectivity index (χ0n) is 13.1. The molecule has 0 aromatic heterocycles. The van der Waals surface area contributed by atoms with Gasteiger partial charge in [-0.3, -0.25) is 0 Å². The van der Waals surface area contributed by atoms with E-state index in [4.69, 9.17) is 0 Å². The summed E-state index contributed by atoms with van der Waals surface area (Å²) in [6, 6.07) is 14.4. The Labute approximate surface area is 122 Å². The van der Waals surface area contributed by atoms with Crippen LogP contribution in [0, 0.1) is 13.8 Å². The molecule has 0 heterocycles. The molecule has 1 heteroatoms. The third-order valence-electron chi connectivity index (χ3n) is 4.21. The Bertz CT molecular complexity index is 592. The van der Waals surface area contributed by atoms with Crippen molar-refractivity contribution in [3.63, 3.8) is 0 Å². The maximum Gasteiger partial charge on any atom is 0.112 e. The predicted molar refractivity (Wildman–Crippen MR) is 85.1 cm³/mol. The van der Waals surface area contributed by atoms with E-state index in [1.165, 1.54) is 16.7 Å². The van der Waals surface area contributed by atoms with Crippen molar-refractivity contribution in [3.05, 3.63) is 70.3 Å². The Balaban J connectivity index is 2.40. The smallest absolute Gasteiger partial charge is 0.112 e. The third-order valence-corrected chi connectivity index (χ3v) is 4.21. The van der Waals surface area contributed by atoms with Gasteiger partial charge < -0.3 is 5.11 Å². The second kappa shape index (κ2) is 5.41. The second-order valence-corrected chi connectivity index (χ2v) is 6.15. The molecule has 0 amide bonds. The Morgan fingerprint density at radius 1 is 0.850 bits per heavy atom. The van der Waals surface area contributed by atoms with E-state index in [-0.39, 0.29) is 0 Å². The average molecular weight is 268 g/mol. The molecule has 1 unspecified atom stereocenters. The molecule has 2 rings (SSSR count). The van der Waals surface area contributed by atoms with Gasteiger partial charge in [0.2, 0.25) is 0 Å². The minimum Gasteiger partial charge on any atom is -0.381 e. The van der Waals surface area contributed by atoms with Crippen LogP contribution >= 0.6 is 0 Å². The molecule has 0 radical (unpaired) electrons. The minimum absolute atomic E-state index is 0.510. The van der Waals surface area contributed by atoms with Crippen molar-refractivity contribution in [2.75, 3.05) is 0 Å². The van der Waals surface area contributed by atoms with Crippen molar-refractivity contribution in [3.8, 4) is 0 Å². The first kappa shape index (κ1) is 14.8. The minimum atomic E-state index is -0.950. The van der Waals surface area contributed by atoms with Gasteiger partial charge >= 0.3 is 0 Å². The van der Waals surface area contributed by atoms with Crippen LogP contribution in [0.3, 0.4) is 0 Å². The first-order chi connectivity index (χ1) is 9.32. The van der Waals surface area contributed by atoms with Crippen molar-refractivity contribution >= 4 is 0 Å². The molecule has 0 aliphatic rings. The fourth-order valence-corrected chi connectivity index (χ4v) is 2.40. The first-order valence-electron chi connectivity index (χ1n) is 7.23. The summed E-state index contributed by atoms with van der Waals surface area (Å²) in [6.07, 6.45) is 0. The van der Waals surface area contributed by atoms with Crippen molar-refractivity contribution in [2.24, 2.45) is 0 Å². The zero-order valence-corrected chi connectivity index (χ0v) is 13.1. The number of benzene rings is 2. The van der Waals surface area contributed by atoms with Gasteiger partial charge in [-0.15, -0.1) is 0 Å². The average Bonchev–Trinajstić information content (AvgIpc) is 2.41. The Morgan fingerprint density at radius 2 is 1.40 bits per heavy atom. The Morgan fingerprint density at radius 3 is 1.90 bits per heavy atom. The molecule has 1 atom stereocenters. The summed E-state index contributed by atoms with van der Waals surface area (Å²) in [5.74, 6) is 0.510. The normalized spacial score (nSPS) is 14.3. The van der Waals surface area contributed by atoms with Crippen LogP contribution in [0.2, 0.25) is 0 Å². The van der Waals surface area contributed by atoms with E-state index in [1.54, 1.807) is 0 Å². The van der Waals surface area contributed by atoms with Gasteiger partial charge in [0.05, 0.1) is 0 Å². The van der Waals surface area contributed by atoms with Crippen LogP contribution in [0.15, 0.2) is 42.5 Å². The van der Waals surface area contributed by atoms with Crippen LogP contribution in [0.5, 0.6) is 0 Å². The molecule has 0 fully saturated rings. The van der Waals surface area contributed by atoms with Crippen molar-refractivity contribution < 1.29 is 5.11 Å². The third kappa shape index (κ3) is 2.78. The SMILES string of the molecule is Cc1ccc(C(C)(O)c2ccc(C(C)C)cc2)cc1C. The van der Waals surface area contributed by atoms with E-state index < -0.39 is 5.60 Å². The molecule has 0 bridgehead atoms. The molecule has 0 spiro atoms. The van der Waals surface area contributed by atoms with Crippen LogP contribution in [0.25, 0.3) is 0 Å². The molecule has 0 saturated heterocycles. The fourth-order valence-electron chi connectivity index (χ4n) is 2.40. The van der Waals surface area contributed by atoms with E-state index in [9.17, 15) is 5.11 Å². The van der Waals surface area contributed by atoms with E-state index in [0.29, 0.717) is 5.92 Å². The Kier molecular flexibility index (Phi) is 4.01. The zero-order chi connectivity index (χ0) is 14.9. The van der Waals surface area contributed by atoms with E-state index >= 15 is 0 Å². The monoisotopic (exact) mass is 268 g/mol. The molecule has 0 saturated carbocycles. The second-order valence-electron chi connectivity index (χ2n) is 6.15. The van der Waals surface area contributed by atoms with Crippen molar-refractivity contribution in [1.82, 2.24) is 0 Å². The summed E-state index contributed by atoms with van der Waals surface area (Å²) < 4.78 is 0. The maximum absolute atomic E-state index is 10.9. The largest absolute Gasteiger partial charge is 0.381 e. The van der Waals surface area contributed by atoms with Gasteiger partial charge in [0, 0.05) is 0 Å². The highest BCUT2D eigenvalue weighted by molar-refractivity contribution is 5.40. The number of aliphatic hydroxyl groups is 1. The van der Waals surface area contributed by atoms with Crippen LogP contribution in [0.1, 0.15) is 54.5 Å². The summed E-state index contributed by atoms with van der Waals surface area (Å²) in [5, 5.41) is 10.9. The molecular weight excluding hydrogens is 244 g/mol. The van der Waals surface area contributed by atoms with Crippen LogP contribution < -0.4 is 0 Å². The molecule has 106 valence electrons. The molecule has 0 aliphatic heterocycles. The van der Waals surface area contributed by atoms with Gasteiger partial charge in [0.1, 0.15) is 5.60 Å². The lowest BCUT2D eigenvalue weighted by Crippen LogP contribution is -2.23. The molecule has 2 aromatic carbocycles.